The summed E-state index contributed by atoms with van der Waals surface area (Å²) in [6.07, 6.45) is 1.16. The average Bonchev–Trinajstić information content (AvgIpc) is 2.34. The van der Waals surface area contributed by atoms with Gasteiger partial charge in [0.1, 0.15) is 11.6 Å². The van der Waals surface area contributed by atoms with Crippen LogP contribution in [0.1, 0.15) is 32.3 Å². The summed E-state index contributed by atoms with van der Waals surface area (Å²) in [5, 5.41) is 11.7. The third-order valence-corrected chi connectivity index (χ3v) is 2.41. The number of nitrogens with zero attached hydrogens (tertiary/aromatic N) is 1. The number of hydrogen-bond acceptors (Lipinski definition) is 3. The van der Waals surface area contributed by atoms with Gasteiger partial charge < -0.3 is 10.1 Å². The van der Waals surface area contributed by atoms with Crippen molar-refractivity contribution in [3.8, 4) is 11.8 Å². The molecule has 0 heterocycles. The fourth-order valence-electron chi connectivity index (χ4n) is 1.47. The SMILES string of the molecule is CC(C)NCc1cc(F)ccc1OCCCC#N. The number of nitrogens with one attached hydrogen (secondary N) is 1. The van der Waals surface area contributed by atoms with Gasteiger partial charge in [-0.15, -0.1) is 0 Å². The van der Waals surface area contributed by atoms with Crippen LogP contribution in [0.4, 0.5) is 4.39 Å². The van der Waals surface area contributed by atoms with Crippen LogP contribution in [-0.2, 0) is 6.54 Å². The first-order valence-electron chi connectivity index (χ1n) is 6.15. The minimum absolute atomic E-state index is 0.264. The standard InChI is InChI=1S/C14H19FN2O/c1-11(2)17-10-12-9-13(15)5-6-14(12)18-8-4-3-7-16/h5-6,9,11,17H,3-4,8,10H2,1-2H3. The largest absolute Gasteiger partial charge is 0.493 e. The smallest absolute Gasteiger partial charge is 0.123 e. The summed E-state index contributed by atoms with van der Waals surface area (Å²) in [7, 11) is 0. The topological polar surface area (TPSA) is 45.0 Å². The molecule has 0 saturated carbocycles. The molecule has 1 rings (SSSR count). The molecule has 0 spiro atoms. The molecule has 0 bridgehead atoms. The van der Waals surface area contributed by atoms with E-state index in [0.29, 0.717) is 37.8 Å². The molecule has 0 unspecified atom stereocenters. The van der Waals surface area contributed by atoms with Gasteiger partial charge in [0.2, 0.25) is 0 Å². The van der Waals surface area contributed by atoms with Gasteiger partial charge in [0.15, 0.2) is 0 Å². The highest BCUT2D eigenvalue weighted by molar-refractivity contribution is 5.34. The number of benzene rings is 1. The molecule has 1 aromatic carbocycles. The molecule has 18 heavy (non-hydrogen) atoms. The highest BCUT2D eigenvalue weighted by atomic mass is 19.1. The number of halogens is 1. The first kappa shape index (κ1) is 14.5. The maximum atomic E-state index is 13.2. The Morgan fingerprint density at radius 2 is 2.22 bits per heavy atom. The Hall–Kier alpha value is -1.60. The summed E-state index contributed by atoms with van der Waals surface area (Å²) in [6, 6.07) is 6.91. The zero-order valence-electron chi connectivity index (χ0n) is 10.9. The van der Waals surface area contributed by atoms with Gasteiger partial charge in [0.05, 0.1) is 12.7 Å². The lowest BCUT2D eigenvalue weighted by molar-refractivity contribution is 0.307. The second-order valence-electron chi connectivity index (χ2n) is 4.40. The molecule has 0 fully saturated rings. The van der Waals surface area contributed by atoms with E-state index in [1.54, 1.807) is 6.07 Å². The van der Waals surface area contributed by atoms with Crippen molar-refractivity contribution in [1.29, 1.82) is 5.26 Å². The molecule has 98 valence electrons. The Kier molecular flexibility index (Phi) is 6.16. The Balaban J connectivity index is 2.61. The zero-order valence-corrected chi connectivity index (χ0v) is 10.9. The lowest BCUT2D eigenvalue weighted by Gasteiger charge is -2.13. The molecular formula is C14H19FN2O. The van der Waals surface area contributed by atoms with E-state index in [1.165, 1.54) is 12.1 Å². The number of rotatable bonds is 7. The van der Waals surface area contributed by atoms with Gasteiger partial charge in [-0.2, -0.15) is 5.26 Å². The van der Waals surface area contributed by atoms with Crippen LogP contribution >= 0.6 is 0 Å². The average molecular weight is 250 g/mol. The van der Waals surface area contributed by atoms with E-state index >= 15 is 0 Å². The summed E-state index contributed by atoms with van der Waals surface area (Å²) in [4.78, 5) is 0. The third-order valence-electron chi connectivity index (χ3n) is 2.41. The Morgan fingerprint density at radius 1 is 1.44 bits per heavy atom. The van der Waals surface area contributed by atoms with E-state index in [1.807, 2.05) is 13.8 Å². The molecular weight excluding hydrogens is 231 g/mol. The van der Waals surface area contributed by atoms with Crippen LogP contribution in [0, 0.1) is 17.1 Å². The monoisotopic (exact) mass is 250 g/mol. The summed E-state index contributed by atoms with van der Waals surface area (Å²) >= 11 is 0. The van der Waals surface area contributed by atoms with Crippen LogP contribution in [-0.4, -0.2) is 12.6 Å². The fourth-order valence-corrected chi connectivity index (χ4v) is 1.47. The summed E-state index contributed by atoms with van der Waals surface area (Å²) in [5.41, 5.74) is 0.806. The predicted molar refractivity (Wildman–Crippen MR) is 68.7 cm³/mol. The fraction of sp³-hybridized carbons (Fsp3) is 0.500. The van der Waals surface area contributed by atoms with E-state index in [4.69, 9.17) is 10.00 Å². The Labute approximate surface area is 108 Å². The third kappa shape index (κ3) is 5.15. The summed E-state index contributed by atoms with van der Waals surface area (Å²) in [5.74, 6) is 0.419. The second kappa shape index (κ2) is 7.67. The molecule has 0 saturated heterocycles. The minimum Gasteiger partial charge on any atom is -0.493 e. The van der Waals surface area contributed by atoms with Gasteiger partial charge in [0.25, 0.3) is 0 Å². The molecule has 0 aliphatic heterocycles. The molecule has 4 heteroatoms. The van der Waals surface area contributed by atoms with Crippen LogP contribution in [0.15, 0.2) is 18.2 Å². The van der Waals surface area contributed by atoms with Gasteiger partial charge in [-0.3, -0.25) is 0 Å². The van der Waals surface area contributed by atoms with E-state index in [9.17, 15) is 4.39 Å². The first-order valence-corrected chi connectivity index (χ1v) is 6.15. The molecule has 0 atom stereocenters. The van der Waals surface area contributed by atoms with Crippen molar-refractivity contribution in [1.82, 2.24) is 5.32 Å². The van der Waals surface area contributed by atoms with Gasteiger partial charge in [-0.25, -0.2) is 4.39 Å². The minimum atomic E-state index is -0.264. The van der Waals surface area contributed by atoms with E-state index in [-0.39, 0.29) is 5.82 Å². The Morgan fingerprint density at radius 3 is 2.89 bits per heavy atom. The zero-order chi connectivity index (χ0) is 13.4. The van der Waals surface area contributed by atoms with Crippen LogP contribution in [0.5, 0.6) is 5.75 Å². The normalized spacial score (nSPS) is 10.4. The van der Waals surface area contributed by atoms with E-state index in [0.717, 1.165) is 5.56 Å². The number of ether oxygens (including phenoxy) is 1. The summed E-state index contributed by atoms with van der Waals surface area (Å²) < 4.78 is 18.8. The lowest BCUT2D eigenvalue weighted by Crippen LogP contribution is -2.22. The molecule has 0 aliphatic rings. The van der Waals surface area contributed by atoms with Crippen molar-refractivity contribution in [3.63, 3.8) is 0 Å². The Bertz CT molecular complexity index is 413. The predicted octanol–water partition coefficient (Wildman–Crippen LogP) is 3.01. The van der Waals surface area contributed by atoms with Crippen molar-refractivity contribution in [2.45, 2.75) is 39.3 Å². The summed E-state index contributed by atoms with van der Waals surface area (Å²) in [6.45, 7) is 5.12. The lowest BCUT2D eigenvalue weighted by atomic mass is 10.2. The van der Waals surface area contributed by atoms with Crippen molar-refractivity contribution in [2.24, 2.45) is 0 Å². The molecule has 1 N–H and O–H groups in total. The maximum absolute atomic E-state index is 13.2. The number of nitriles is 1. The molecule has 1 aromatic rings. The van der Waals surface area contributed by atoms with Crippen molar-refractivity contribution in [3.05, 3.63) is 29.6 Å². The van der Waals surface area contributed by atoms with E-state index < -0.39 is 0 Å². The molecule has 0 amide bonds. The van der Waals surface area contributed by atoms with Gasteiger partial charge >= 0.3 is 0 Å². The van der Waals surface area contributed by atoms with Gasteiger partial charge in [-0.05, 0) is 24.6 Å². The van der Waals surface area contributed by atoms with Crippen molar-refractivity contribution in [2.75, 3.05) is 6.61 Å². The van der Waals surface area contributed by atoms with Gasteiger partial charge in [-0.1, -0.05) is 13.8 Å². The molecule has 0 radical (unpaired) electrons. The van der Waals surface area contributed by atoms with Crippen molar-refractivity contribution < 1.29 is 9.13 Å². The maximum Gasteiger partial charge on any atom is 0.123 e. The first-order chi connectivity index (χ1) is 8.63. The van der Waals surface area contributed by atoms with Crippen molar-refractivity contribution >= 4 is 0 Å². The molecule has 0 aromatic heterocycles. The highest BCUT2D eigenvalue weighted by Gasteiger charge is 2.06. The molecule has 3 nitrogen and oxygen atoms in total. The highest BCUT2D eigenvalue weighted by Crippen LogP contribution is 2.20. The second-order valence-corrected chi connectivity index (χ2v) is 4.40. The van der Waals surface area contributed by atoms with Crippen LogP contribution in [0.3, 0.4) is 0 Å². The number of unbranched alkanes of at least 4 members (excludes halogenated alkanes) is 1. The van der Waals surface area contributed by atoms with Crippen LogP contribution in [0.2, 0.25) is 0 Å². The van der Waals surface area contributed by atoms with Crippen LogP contribution in [0.25, 0.3) is 0 Å². The quantitative estimate of drug-likeness (QED) is 0.757. The van der Waals surface area contributed by atoms with Gasteiger partial charge in [0, 0.05) is 24.6 Å². The van der Waals surface area contributed by atoms with E-state index in [2.05, 4.69) is 11.4 Å². The number of hydrogen-bond donors (Lipinski definition) is 1. The van der Waals surface area contributed by atoms with Crippen LogP contribution < -0.4 is 10.1 Å². The molecule has 0 aliphatic carbocycles.